The Hall–Kier alpha value is -0.810. The highest BCUT2D eigenvalue weighted by Gasteiger charge is 2.26. The molecule has 0 spiro atoms. The minimum absolute atomic E-state index is 0.114. The molecular formula is C9H9ClFNO2S. The van der Waals surface area contributed by atoms with Crippen LogP contribution in [0.3, 0.4) is 0 Å². The SMILES string of the molecule is CC1Cc2ccc(S(=O)(=O)Cl)c(F)c2N1. The highest BCUT2D eigenvalue weighted by molar-refractivity contribution is 8.13. The van der Waals surface area contributed by atoms with Crippen molar-refractivity contribution in [3.05, 3.63) is 23.5 Å². The first-order valence-electron chi connectivity index (χ1n) is 4.42. The van der Waals surface area contributed by atoms with Gasteiger partial charge in [0.25, 0.3) is 9.05 Å². The molecule has 1 heterocycles. The van der Waals surface area contributed by atoms with Gasteiger partial charge in [-0.3, -0.25) is 0 Å². The van der Waals surface area contributed by atoms with E-state index in [0.717, 1.165) is 5.56 Å². The highest BCUT2D eigenvalue weighted by Crippen LogP contribution is 2.33. The van der Waals surface area contributed by atoms with Crippen molar-refractivity contribution in [3.63, 3.8) is 0 Å². The molecule has 0 aromatic heterocycles. The fourth-order valence-electron chi connectivity index (χ4n) is 1.74. The maximum atomic E-state index is 13.7. The van der Waals surface area contributed by atoms with Crippen LogP contribution in [0.2, 0.25) is 0 Å². The lowest BCUT2D eigenvalue weighted by Gasteiger charge is -2.06. The molecule has 1 aromatic carbocycles. The van der Waals surface area contributed by atoms with E-state index in [1.165, 1.54) is 6.07 Å². The summed E-state index contributed by atoms with van der Waals surface area (Å²) in [4.78, 5) is -0.468. The summed E-state index contributed by atoms with van der Waals surface area (Å²) in [7, 11) is 1.09. The van der Waals surface area contributed by atoms with Gasteiger partial charge in [0.05, 0.1) is 5.69 Å². The van der Waals surface area contributed by atoms with Crippen LogP contribution in [0.5, 0.6) is 0 Å². The van der Waals surface area contributed by atoms with Gasteiger partial charge in [-0.2, -0.15) is 0 Å². The van der Waals surface area contributed by atoms with Gasteiger partial charge in [0.15, 0.2) is 5.82 Å². The van der Waals surface area contributed by atoms with E-state index in [1.54, 1.807) is 6.07 Å². The maximum absolute atomic E-state index is 13.7. The summed E-state index contributed by atoms with van der Waals surface area (Å²) in [6, 6.07) is 2.91. The van der Waals surface area contributed by atoms with Crippen LogP contribution in [-0.4, -0.2) is 14.5 Å². The number of halogens is 2. The van der Waals surface area contributed by atoms with E-state index in [2.05, 4.69) is 5.32 Å². The molecule has 6 heteroatoms. The Labute approximate surface area is 91.7 Å². The lowest BCUT2D eigenvalue weighted by Crippen LogP contribution is -2.09. The molecule has 1 N–H and O–H groups in total. The van der Waals surface area contributed by atoms with Gasteiger partial charge in [0, 0.05) is 16.7 Å². The summed E-state index contributed by atoms with van der Waals surface area (Å²) in [5, 5.41) is 2.88. The fraction of sp³-hybridized carbons (Fsp3) is 0.333. The first-order valence-corrected chi connectivity index (χ1v) is 6.73. The van der Waals surface area contributed by atoms with Gasteiger partial charge in [-0.15, -0.1) is 0 Å². The molecule has 0 amide bonds. The smallest absolute Gasteiger partial charge is 0.264 e. The zero-order chi connectivity index (χ0) is 11.2. The topological polar surface area (TPSA) is 46.2 Å². The molecule has 1 aliphatic heterocycles. The number of fused-ring (bicyclic) bond motifs is 1. The summed E-state index contributed by atoms with van der Waals surface area (Å²) in [5.41, 5.74) is 1.04. The van der Waals surface area contributed by atoms with Crippen molar-refractivity contribution in [1.82, 2.24) is 0 Å². The van der Waals surface area contributed by atoms with Crippen LogP contribution in [-0.2, 0) is 15.5 Å². The van der Waals surface area contributed by atoms with E-state index >= 15 is 0 Å². The Kier molecular flexibility index (Phi) is 2.39. The van der Waals surface area contributed by atoms with E-state index in [1.807, 2.05) is 6.92 Å². The number of benzene rings is 1. The third-order valence-corrected chi connectivity index (χ3v) is 3.71. The molecule has 1 unspecified atom stereocenters. The van der Waals surface area contributed by atoms with Crippen molar-refractivity contribution in [2.75, 3.05) is 5.32 Å². The van der Waals surface area contributed by atoms with Crippen molar-refractivity contribution in [1.29, 1.82) is 0 Å². The minimum atomic E-state index is -4.02. The Morgan fingerprint density at radius 2 is 2.20 bits per heavy atom. The van der Waals surface area contributed by atoms with Crippen LogP contribution in [0.4, 0.5) is 10.1 Å². The third-order valence-electron chi connectivity index (χ3n) is 2.37. The Morgan fingerprint density at radius 3 is 2.80 bits per heavy atom. The van der Waals surface area contributed by atoms with Crippen LogP contribution in [0.25, 0.3) is 0 Å². The zero-order valence-electron chi connectivity index (χ0n) is 7.92. The molecule has 0 bridgehead atoms. The summed E-state index contributed by atoms with van der Waals surface area (Å²) in [6.07, 6.45) is 0.689. The Balaban J connectivity index is 2.62. The van der Waals surface area contributed by atoms with Crippen LogP contribution >= 0.6 is 10.7 Å². The van der Waals surface area contributed by atoms with E-state index in [0.29, 0.717) is 6.42 Å². The van der Waals surface area contributed by atoms with Gasteiger partial charge in [0.2, 0.25) is 0 Å². The normalized spacial score (nSPS) is 19.8. The van der Waals surface area contributed by atoms with E-state index < -0.39 is 19.8 Å². The summed E-state index contributed by atoms with van der Waals surface area (Å²) in [5.74, 6) is -0.785. The molecule has 0 saturated heterocycles. The van der Waals surface area contributed by atoms with Crippen molar-refractivity contribution in [2.45, 2.75) is 24.3 Å². The summed E-state index contributed by atoms with van der Waals surface area (Å²) >= 11 is 0. The van der Waals surface area contributed by atoms with E-state index in [-0.39, 0.29) is 11.7 Å². The predicted octanol–water partition coefficient (Wildman–Crippen LogP) is 2.11. The van der Waals surface area contributed by atoms with Gasteiger partial charge < -0.3 is 5.32 Å². The first-order chi connectivity index (χ1) is 6.89. The Bertz CT molecular complexity index is 515. The predicted molar refractivity (Wildman–Crippen MR) is 56.2 cm³/mol. The summed E-state index contributed by atoms with van der Waals surface area (Å²) < 4.78 is 35.8. The second-order valence-corrected chi connectivity index (χ2v) is 6.13. The van der Waals surface area contributed by atoms with Crippen molar-refractivity contribution in [2.24, 2.45) is 0 Å². The molecule has 0 saturated carbocycles. The largest absolute Gasteiger partial charge is 0.380 e. The van der Waals surface area contributed by atoms with E-state index in [9.17, 15) is 12.8 Å². The van der Waals surface area contributed by atoms with Gasteiger partial charge >= 0.3 is 0 Å². The van der Waals surface area contributed by atoms with Crippen molar-refractivity contribution in [3.8, 4) is 0 Å². The summed E-state index contributed by atoms with van der Waals surface area (Å²) in [6.45, 7) is 1.90. The second-order valence-electron chi connectivity index (χ2n) is 3.60. The molecule has 0 radical (unpaired) electrons. The lowest BCUT2D eigenvalue weighted by molar-refractivity contribution is 0.577. The van der Waals surface area contributed by atoms with Crippen molar-refractivity contribution >= 4 is 25.4 Å². The zero-order valence-corrected chi connectivity index (χ0v) is 9.49. The third kappa shape index (κ3) is 1.81. The van der Waals surface area contributed by atoms with Crippen LogP contribution in [0, 0.1) is 5.82 Å². The van der Waals surface area contributed by atoms with Gasteiger partial charge in [-0.1, -0.05) is 6.07 Å². The first kappa shape index (κ1) is 10.7. The standard InChI is InChI=1S/C9H9ClFNO2S/c1-5-4-6-2-3-7(15(10,13)14)8(11)9(6)12-5/h2-3,5,12H,4H2,1H3. The van der Waals surface area contributed by atoms with Crippen LogP contribution in [0.1, 0.15) is 12.5 Å². The molecule has 2 rings (SSSR count). The molecule has 15 heavy (non-hydrogen) atoms. The molecule has 1 aromatic rings. The van der Waals surface area contributed by atoms with E-state index in [4.69, 9.17) is 10.7 Å². The Morgan fingerprint density at radius 1 is 1.53 bits per heavy atom. The molecule has 0 aliphatic carbocycles. The molecule has 0 fully saturated rings. The fourth-order valence-corrected chi connectivity index (χ4v) is 2.64. The average molecular weight is 250 g/mol. The van der Waals surface area contributed by atoms with Crippen molar-refractivity contribution < 1.29 is 12.8 Å². The van der Waals surface area contributed by atoms with Crippen LogP contribution < -0.4 is 5.32 Å². The highest BCUT2D eigenvalue weighted by atomic mass is 35.7. The van der Waals surface area contributed by atoms with Gasteiger partial charge in [-0.05, 0) is 25.0 Å². The number of nitrogens with one attached hydrogen (secondary N) is 1. The molecule has 1 atom stereocenters. The molecule has 82 valence electrons. The van der Waals surface area contributed by atoms with Gasteiger partial charge in [-0.25, -0.2) is 12.8 Å². The molecular weight excluding hydrogens is 241 g/mol. The quantitative estimate of drug-likeness (QED) is 0.776. The monoisotopic (exact) mass is 249 g/mol. The van der Waals surface area contributed by atoms with Gasteiger partial charge in [0.1, 0.15) is 4.90 Å². The second kappa shape index (κ2) is 3.35. The number of rotatable bonds is 1. The molecule has 1 aliphatic rings. The number of hydrogen-bond acceptors (Lipinski definition) is 3. The number of anilines is 1. The maximum Gasteiger partial charge on any atom is 0.264 e. The average Bonchev–Trinajstić information content (AvgIpc) is 2.44. The van der Waals surface area contributed by atoms with Crippen LogP contribution in [0.15, 0.2) is 17.0 Å². The minimum Gasteiger partial charge on any atom is -0.380 e. The number of hydrogen-bond donors (Lipinski definition) is 1. The molecule has 3 nitrogen and oxygen atoms in total. The lowest BCUT2D eigenvalue weighted by atomic mass is 10.1.